The van der Waals surface area contributed by atoms with E-state index < -0.39 is 6.04 Å². The van der Waals surface area contributed by atoms with Crippen LogP contribution in [-0.4, -0.2) is 61.8 Å². The zero-order valence-corrected chi connectivity index (χ0v) is 12.0. The predicted octanol–water partition coefficient (Wildman–Crippen LogP) is 0.165. The van der Waals surface area contributed by atoms with Crippen LogP contribution in [-0.2, 0) is 19.1 Å². The molecular weight excluding hydrogens is 248 g/mol. The molecule has 19 heavy (non-hydrogen) atoms. The van der Waals surface area contributed by atoms with Crippen molar-refractivity contribution in [2.24, 2.45) is 0 Å². The molecule has 110 valence electrons. The highest BCUT2D eigenvalue weighted by Crippen LogP contribution is 2.08. The molecule has 0 aromatic rings. The first kappa shape index (κ1) is 15.9. The summed E-state index contributed by atoms with van der Waals surface area (Å²) in [5.41, 5.74) is 0. The van der Waals surface area contributed by atoms with Crippen molar-refractivity contribution in [1.82, 2.24) is 10.2 Å². The summed E-state index contributed by atoms with van der Waals surface area (Å²) >= 11 is 0. The maximum Gasteiger partial charge on any atom is 0.249 e. The van der Waals surface area contributed by atoms with Gasteiger partial charge in [-0.1, -0.05) is 6.92 Å². The number of hydrogen-bond acceptors (Lipinski definition) is 4. The number of morpholine rings is 1. The highest BCUT2D eigenvalue weighted by molar-refractivity contribution is 5.88. The summed E-state index contributed by atoms with van der Waals surface area (Å²) in [7, 11) is 0. The summed E-state index contributed by atoms with van der Waals surface area (Å²) in [5.74, 6) is -0.320. The van der Waals surface area contributed by atoms with E-state index >= 15 is 0 Å². The van der Waals surface area contributed by atoms with E-state index in [0.29, 0.717) is 19.8 Å². The standard InChI is InChI=1S/C13H24N2O4/c1-4-6-18-9-12(16)15-5-7-19-8-11(15)13(17)14-10(2)3/h10-11H,4-9H2,1-3H3,(H,14,17). The van der Waals surface area contributed by atoms with Crippen LogP contribution >= 0.6 is 0 Å². The average Bonchev–Trinajstić information content (AvgIpc) is 2.38. The summed E-state index contributed by atoms with van der Waals surface area (Å²) in [5, 5.41) is 2.81. The molecule has 1 heterocycles. The minimum absolute atomic E-state index is 0.0271. The Morgan fingerprint density at radius 1 is 1.47 bits per heavy atom. The van der Waals surface area contributed by atoms with Gasteiger partial charge in [0.2, 0.25) is 11.8 Å². The number of amides is 2. The number of hydrogen-bond donors (Lipinski definition) is 1. The van der Waals surface area contributed by atoms with Crippen LogP contribution in [0.15, 0.2) is 0 Å². The molecule has 1 unspecified atom stereocenters. The van der Waals surface area contributed by atoms with Crippen molar-refractivity contribution in [3.63, 3.8) is 0 Å². The topological polar surface area (TPSA) is 67.9 Å². The third-order valence-corrected chi connectivity index (χ3v) is 2.76. The van der Waals surface area contributed by atoms with Crippen molar-refractivity contribution >= 4 is 11.8 Å². The predicted molar refractivity (Wildman–Crippen MR) is 70.7 cm³/mol. The molecule has 0 aromatic carbocycles. The van der Waals surface area contributed by atoms with Gasteiger partial charge in [-0.3, -0.25) is 9.59 Å². The fraction of sp³-hybridized carbons (Fsp3) is 0.846. The van der Waals surface area contributed by atoms with E-state index in [1.165, 1.54) is 0 Å². The second kappa shape index (κ2) is 8.12. The number of carbonyl (C=O) groups excluding carboxylic acids is 2. The normalized spacial score (nSPS) is 19.6. The first-order chi connectivity index (χ1) is 9.06. The average molecular weight is 272 g/mol. The third kappa shape index (κ3) is 5.16. The number of rotatable bonds is 6. The first-order valence-corrected chi connectivity index (χ1v) is 6.81. The Bertz CT molecular complexity index is 307. The molecule has 1 atom stereocenters. The molecule has 0 aromatic heterocycles. The van der Waals surface area contributed by atoms with E-state index in [1.54, 1.807) is 4.90 Å². The van der Waals surface area contributed by atoms with Crippen LogP contribution in [0.3, 0.4) is 0 Å². The van der Waals surface area contributed by atoms with Gasteiger partial charge in [0, 0.05) is 19.2 Å². The highest BCUT2D eigenvalue weighted by Gasteiger charge is 2.32. The Balaban J connectivity index is 2.56. The molecule has 0 spiro atoms. The van der Waals surface area contributed by atoms with Gasteiger partial charge >= 0.3 is 0 Å². The first-order valence-electron chi connectivity index (χ1n) is 6.81. The summed E-state index contributed by atoms with van der Waals surface area (Å²) in [6.07, 6.45) is 0.869. The molecule has 0 bridgehead atoms. The summed E-state index contributed by atoms with van der Waals surface area (Å²) in [6.45, 7) is 7.49. The van der Waals surface area contributed by atoms with Crippen LogP contribution in [0.25, 0.3) is 0 Å². The largest absolute Gasteiger partial charge is 0.377 e. The van der Waals surface area contributed by atoms with Gasteiger partial charge in [0.25, 0.3) is 0 Å². The quantitative estimate of drug-likeness (QED) is 0.700. The van der Waals surface area contributed by atoms with Gasteiger partial charge in [0.15, 0.2) is 0 Å². The van der Waals surface area contributed by atoms with E-state index in [1.807, 2.05) is 20.8 Å². The van der Waals surface area contributed by atoms with Crippen molar-refractivity contribution < 1.29 is 19.1 Å². The minimum Gasteiger partial charge on any atom is -0.377 e. The maximum atomic E-state index is 12.0. The van der Waals surface area contributed by atoms with Gasteiger partial charge in [-0.15, -0.1) is 0 Å². The Labute approximate surface area is 114 Å². The number of carbonyl (C=O) groups is 2. The maximum absolute atomic E-state index is 12.0. The summed E-state index contributed by atoms with van der Waals surface area (Å²) < 4.78 is 10.5. The van der Waals surface area contributed by atoms with Crippen LogP contribution in [0.2, 0.25) is 0 Å². The number of ether oxygens (including phenoxy) is 2. The Kier molecular flexibility index (Phi) is 6.80. The van der Waals surface area contributed by atoms with Gasteiger partial charge in [0.1, 0.15) is 12.6 Å². The van der Waals surface area contributed by atoms with Crippen LogP contribution in [0.5, 0.6) is 0 Å². The van der Waals surface area contributed by atoms with Crippen molar-refractivity contribution in [3.05, 3.63) is 0 Å². The summed E-state index contributed by atoms with van der Waals surface area (Å²) in [6, 6.07) is -0.503. The third-order valence-electron chi connectivity index (χ3n) is 2.76. The van der Waals surface area contributed by atoms with Crippen molar-refractivity contribution in [1.29, 1.82) is 0 Å². The van der Waals surface area contributed by atoms with E-state index in [4.69, 9.17) is 9.47 Å². The molecule has 0 radical (unpaired) electrons. The van der Waals surface area contributed by atoms with Crippen LogP contribution in [0.4, 0.5) is 0 Å². The molecule has 1 saturated heterocycles. The van der Waals surface area contributed by atoms with Gasteiger partial charge in [-0.05, 0) is 20.3 Å². The molecule has 1 rings (SSSR count). The molecule has 0 aliphatic carbocycles. The SMILES string of the molecule is CCCOCC(=O)N1CCOCC1C(=O)NC(C)C. The van der Waals surface area contributed by atoms with Gasteiger partial charge in [0.05, 0.1) is 13.2 Å². The van der Waals surface area contributed by atoms with Crippen LogP contribution in [0.1, 0.15) is 27.2 Å². The minimum atomic E-state index is -0.547. The lowest BCUT2D eigenvalue weighted by Gasteiger charge is -2.34. The lowest BCUT2D eigenvalue weighted by molar-refractivity contribution is -0.152. The Morgan fingerprint density at radius 3 is 2.84 bits per heavy atom. The van der Waals surface area contributed by atoms with E-state index in [0.717, 1.165) is 6.42 Å². The molecule has 0 saturated carbocycles. The molecule has 1 N–H and O–H groups in total. The van der Waals surface area contributed by atoms with Gasteiger partial charge < -0.3 is 19.7 Å². The lowest BCUT2D eigenvalue weighted by Crippen LogP contribution is -2.57. The van der Waals surface area contributed by atoms with Crippen LogP contribution < -0.4 is 5.32 Å². The second-order valence-electron chi connectivity index (χ2n) is 4.89. The molecule has 1 fully saturated rings. The molecule has 6 nitrogen and oxygen atoms in total. The Hall–Kier alpha value is -1.14. The molecule has 1 aliphatic heterocycles. The van der Waals surface area contributed by atoms with E-state index in [-0.39, 0.29) is 31.1 Å². The summed E-state index contributed by atoms with van der Waals surface area (Å²) in [4.78, 5) is 25.6. The lowest BCUT2D eigenvalue weighted by atomic mass is 10.2. The molecule has 2 amide bonds. The Morgan fingerprint density at radius 2 is 2.21 bits per heavy atom. The van der Waals surface area contributed by atoms with Crippen molar-refractivity contribution in [2.45, 2.75) is 39.3 Å². The fourth-order valence-corrected chi connectivity index (χ4v) is 1.89. The van der Waals surface area contributed by atoms with Crippen molar-refractivity contribution in [3.8, 4) is 0 Å². The zero-order chi connectivity index (χ0) is 14.3. The highest BCUT2D eigenvalue weighted by atomic mass is 16.5. The molecular formula is C13H24N2O4. The van der Waals surface area contributed by atoms with Crippen LogP contribution in [0, 0.1) is 0 Å². The van der Waals surface area contributed by atoms with E-state index in [9.17, 15) is 9.59 Å². The van der Waals surface area contributed by atoms with Gasteiger partial charge in [-0.2, -0.15) is 0 Å². The molecule has 6 heteroatoms. The number of nitrogens with one attached hydrogen (secondary N) is 1. The zero-order valence-electron chi connectivity index (χ0n) is 12.0. The van der Waals surface area contributed by atoms with E-state index in [2.05, 4.69) is 5.32 Å². The monoisotopic (exact) mass is 272 g/mol. The smallest absolute Gasteiger partial charge is 0.249 e. The number of nitrogens with zero attached hydrogens (tertiary/aromatic N) is 1. The molecule has 1 aliphatic rings. The fourth-order valence-electron chi connectivity index (χ4n) is 1.89. The van der Waals surface area contributed by atoms with Crippen molar-refractivity contribution in [2.75, 3.05) is 33.0 Å². The second-order valence-corrected chi connectivity index (χ2v) is 4.89. The van der Waals surface area contributed by atoms with Gasteiger partial charge in [-0.25, -0.2) is 0 Å².